The Morgan fingerprint density at radius 3 is 2.62 bits per heavy atom. The summed E-state index contributed by atoms with van der Waals surface area (Å²) in [5.41, 5.74) is 2.56. The second-order valence-electron chi connectivity index (χ2n) is 10.7. The fraction of sp³-hybridized carbons (Fsp3) is 0.412. The monoisotopic (exact) mass is 645 g/mol. The fourth-order valence-corrected chi connectivity index (χ4v) is 5.67. The van der Waals surface area contributed by atoms with Gasteiger partial charge in [0.15, 0.2) is 0 Å². The highest BCUT2D eigenvalue weighted by Crippen LogP contribution is 2.32. The van der Waals surface area contributed by atoms with Crippen LogP contribution in [0, 0.1) is 0 Å². The van der Waals surface area contributed by atoms with Gasteiger partial charge in [-0.2, -0.15) is 0 Å². The number of amidine groups is 1. The minimum absolute atomic E-state index is 0.0558. The molecule has 2 N–H and O–H groups in total. The molecule has 246 valence electrons. The number of likely N-dealkylation sites (N-methyl/N-ethyl adjacent to an activating group) is 1. The summed E-state index contributed by atoms with van der Waals surface area (Å²) in [6, 6.07) is 4.27. The first-order chi connectivity index (χ1) is 21.4. The van der Waals surface area contributed by atoms with Crippen LogP contribution in [0.5, 0.6) is 5.75 Å². The van der Waals surface area contributed by atoms with E-state index in [4.69, 9.17) is 0 Å². The van der Waals surface area contributed by atoms with E-state index >= 15 is 0 Å². The Morgan fingerprint density at radius 1 is 1.22 bits per heavy atom. The Morgan fingerprint density at radius 2 is 1.98 bits per heavy atom. The molecule has 2 rings (SSSR count). The molecule has 0 heterocycles. The van der Waals surface area contributed by atoms with Crippen LogP contribution in [0.4, 0.5) is 13.2 Å². The summed E-state index contributed by atoms with van der Waals surface area (Å²) >= 11 is 0. The van der Waals surface area contributed by atoms with Crippen molar-refractivity contribution < 1.29 is 22.1 Å². The molecule has 45 heavy (non-hydrogen) atoms. The van der Waals surface area contributed by atoms with Crippen molar-refractivity contribution in [1.29, 1.82) is 0 Å². The standard InChI is InChI=1S/C34H46F3N5O2S/c1-8-10-18-30(38-5)26(4)33(42(6)7)40-24-39-25(3)19-21-29(15-9-2)41-45(43)32-22-20-28(23-31(32)44-34(35,36)37)27-16-13-11-12-14-17-27/h8,10-11,13-14,16-18,20,22-23,25,29,39,41H,4-5,9,12,15,19,21,24H2,1-3,6-7H3/b10-8-,30-18+,40-33+. The number of allylic oxidation sites excluding steroid dienone is 9. The molecule has 3 atom stereocenters. The van der Waals surface area contributed by atoms with Crippen molar-refractivity contribution >= 4 is 29.1 Å². The van der Waals surface area contributed by atoms with E-state index in [1.807, 2.05) is 88.4 Å². The summed E-state index contributed by atoms with van der Waals surface area (Å²) in [7, 11) is 1.83. The molecule has 0 spiro atoms. The van der Waals surface area contributed by atoms with E-state index in [1.165, 1.54) is 12.1 Å². The van der Waals surface area contributed by atoms with Crippen molar-refractivity contribution in [3.05, 3.63) is 90.2 Å². The van der Waals surface area contributed by atoms with Crippen LogP contribution in [-0.4, -0.2) is 60.9 Å². The van der Waals surface area contributed by atoms with Gasteiger partial charge in [0.25, 0.3) is 0 Å². The third kappa shape index (κ3) is 13.2. The van der Waals surface area contributed by atoms with Crippen molar-refractivity contribution in [2.45, 2.75) is 76.2 Å². The molecule has 11 heteroatoms. The van der Waals surface area contributed by atoms with Crippen molar-refractivity contribution in [3.8, 4) is 5.75 Å². The number of benzene rings is 1. The molecule has 0 saturated heterocycles. The normalized spacial score (nSPS) is 16.2. The van der Waals surface area contributed by atoms with E-state index in [0.29, 0.717) is 42.2 Å². The molecule has 0 bridgehead atoms. The van der Waals surface area contributed by atoms with Crippen LogP contribution in [0.2, 0.25) is 0 Å². The number of hydrogen-bond acceptors (Lipinski definition) is 5. The molecule has 1 aliphatic rings. The van der Waals surface area contributed by atoms with E-state index in [2.05, 4.69) is 38.1 Å². The van der Waals surface area contributed by atoms with Crippen LogP contribution in [0.15, 0.2) is 99.5 Å². The SMILES string of the molecule is C=N/C(=C/C=C\C)C(=C)/C(=N\CNC(C)CCC(CCC)NS(=O)c1ccc(C2=CC=CCC=C2)cc1OC(F)(F)F)N(C)C. The summed E-state index contributed by atoms with van der Waals surface area (Å²) in [5.74, 6) is 0.189. The van der Waals surface area contributed by atoms with E-state index in [1.54, 1.807) is 6.07 Å². The van der Waals surface area contributed by atoms with Crippen LogP contribution in [0.3, 0.4) is 0 Å². The molecular formula is C34H46F3N5O2S. The topological polar surface area (TPSA) is 78.3 Å². The summed E-state index contributed by atoms with van der Waals surface area (Å²) in [6.07, 6.45) is 13.6. The average Bonchev–Trinajstić information content (AvgIpc) is 3.27. The van der Waals surface area contributed by atoms with Gasteiger partial charge in [-0.15, -0.1) is 13.2 Å². The van der Waals surface area contributed by atoms with Crippen LogP contribution in [0.25, 0.3) is 5.57 Å². The van der Waals surface area contributed by atoms with E-state index in [0.717, 1.165) is 24.8 Å². The number of alkyl halides is 3. The number of rotatable bonds is 17. The highest BCUT2D eigenvalue weighted by atomic mass is 32.2. The van der Waals surface area contributed by atoms with Crippen LogP contribution in [0.1, 0.15) is 58.4 Å². The Labute approximate surface area is 268 Å². The number of nitrogens with zero attached hydrogens (tertiary/aromatic N) is 3. The van der Waals surface area contributed by atoms with Crippen LogP contribution >= 0.6 is 0 Å². The van der Waals surface area contributed by atoms with Gasteiger partial charge in [0.05, 0.1) is 17.3 Å². The third-order valence-corrected chi connectivity index (χ3v) is 8.12. The van der Waals surface area contributed by atoms with Gasteiger partial charge in [-0.1, -0.05) is 68.5 Å². The highest BCUT2D eigenvalue weighted by Gasteiger charge is 2.33. The lowest BCUT2D eigenvalue weighted by atomic mass is 10.0. The quantitative estimate of drug-likeness (QED) is 0.104. The second-order valence-corrected chi connectivity index (χ2v) is 11.9. The van der Waals surface area contributed by atoms with E-state index in [9.17, 15) is 17.4 Å². The van der Waals surface area contributed by atoms with Gasteiger partial charge in [-0.05, 0) is 75.6 Å². The predicted octanol–water partition coefficient (Wildman–Crippen LogP) is 7.66. The molecule has 0 saturated carbocycles. The zero-order chi connectivity index (χ0) is 33.4. The predicted molar refractivity (Wildman–Crippen MR) is 182 cm³/mol. The maximum absolute atomic E-state index is 13.4. The molecule has 0 aliphatic heterocycles. The lowest BCUT2D eigenvalue weighted by molar-refractivity contribution is -0.275. The Kier molecular flexibility index (Phi) is 16.0. The molecule has 0 aromatic heterocycles. The Bertz CT molecular complexity index is 1360. The minimum atomic E-state index is -4.93. The van der Waals surface area contributed by atoms with Gasteiger partial charge >= 0.3 is 6.36 Å². The summed E-state index contributed by atoms with van der Waals surface area (Å²) in [5, 5.41) is 3.38. The summed E-state index contributed by atoms with van der Waals surface area (Å²) in [4.78, 5) is 10.5. The number of aliphatic imine (C=N–C) groups is 2. The number of halogens is 3. The minimum Gasteiger partial charge on any atom is -0.404 e. The fourth-order valence-electron chi connectivity index (χ4n) is 4.53. The van der Waals surface area contributed by atoms with Crippen LogP contribution < -0.4 is 14.8 Å². The van der Waals surface area contributed by atoms with Crippen LogP contribution in [-0.2, 0) is 11.0 Å². The molecule has 1 aliphatic carbocycles. The van der Waals surface area contributed by atoms with Gasteiger partial charge in [0.1, 0.15) is 22.6 Å². The molecule has 1 aromatic rings. The van der Waals surface area contributed by atoms with Gasteiger partial charge in [0.2, 0.25) is 0 Å². The molecule has 1 aromatic carbocycles. The average molecular weight is 646 g/mol. The lowest BCUT2D eigenvalue weighted by Crippen LogP contribution is -2.34. The molecule has 0 radical (unpaired) electrons. The first-order valence-corrected chi connectivity index (χ1v) is 16.1. The second kappa shape index (κ2) is 19.1. The van der Waals surface area contributed by atoms with Gasteiger partial charge in [-0.3, -0.25) is 15.3 Å². The van der Waals surface area contributed by atoms with E-state index < -0.39 is 23.1 Å². The Balaban J connectivity index is 2.11. The highest BCUT2D eigenvalue weighted by molar-refractivity contribution is 7.83. The molecule has 7 nitrogen and oxygen atoms in total. The van der Waals surface area contributed by atoms with E-state index in [-0.39, 0.29) is 17.0 Å². The summed E-state index contributed by atoms with van der Waals surface area (Å²) in [6.45, 7) is 14.1. The maximum atomic E-state index is 13.4. The largest absolute Gasteiger partial charge is 0.573 e. The zero-order valence-electron chi connectivity index (χ0n) is 26.9. The molecule has 3 unspecified atom stereocenters. The van der Waals surface area contributed by atoms with Gasteiger partial charge in [-0.25, -0.2) is 8.93 Å². The van der Waals surface area contributed by atoms with Crippen molar-refractivity contribution in [1.82, 2.24) is 14.9 Å². The number of ether oxygens (including phenoxy) is 1. The van der Waals surface area contributed by atoms with Crippen molar-refractivity contribution in [2.24, 2.45) is 9.98 Å². The smallest absolute Gasteiger partial charge is 0.404 e. The lowest BCUT2D eigenvalue weighted by Gasteiger charge is -2.22. The first-order valence-electron chi connectivity index (χ1n) is 15.0. The Hall–Kier alpha value is -3.54. The molecule has 0 amide bonds. The zero-order valence-corrected chi connectivity index (χ0v) is 27.7. The number of hydrogen-bond donors (Lipinski definition) is 2. The van der Waals surface area contributed by atoms with Crippen molar-refractivity contribution in [3.63, 3.8) is 0 Å². The molecule has 0 fully saturated rings. The van der Waals surface area contributed by atoms with Gasteiger partial charge < -0.3 is 9.64 Å². The third-order valence-electron chi connectivity index (χ3n) is 6.83. The van der Waals surface area contributed by atoms with Gasteiger partial charge in [0, 0.05) is 31.8 Å². The first kappa shape index (κ1) is 37.6. The summed E-state index contributed by atoms with van der Waals surface area (Å²) < 4.78 is 60.8. The number of nitrogens with one attached hydrogen (secondary N) is 2. The molecular weight excluding hydrogens is 599 g/mol. The maximum Gasteiger partial charge on any atom is 0.573 e. The van der Waals surface area contributed by atoms with Crippen molar-refractivity contribution in [2.75, 3.05) is 20.8 Å².